The summed E-state index contributed by atoms with van der Waals surface area (Å²) in [7, 11) is 1.28. The van der Waals surface area contributed by atoms with Gasteiger partial charge in [-0.2, -0.15) is 26.3 Å². The zero-order chi connectivity index (χ0) is 24.4. The zero-order valence-corrected chi connectivity index (χ0v) is 16.5. The maximum Gasteiger partial charge on any atom is 0.433 e. The molecule has 1 amide bonds. The number of pyridine rings is 2. The molecule has 0 radical (unpaired) electrons. The van der Waals surface area contributed by atoms with Crippen LogP contribution in [0.25, 0.3) is 0 Å². The van der Waals surface area contributed by atoms with Gasteiger partial charge in [0.2, 0.25) is 5.88 Å². The predicted octanol–water partition coefficient (Wildman–Crippen LogP) is 5.27. The van der Waals surface area contributed by atoms with Crippen molar-refractivity contribution in [3.63, 3.8) is 0 Å². The third-order valence-electron chi connectivity index (χ3n) is 4.08. The van der Waals surface area contributed by atoms with Gasteiger partial charge in [-0.3, -0.25) is 4.79 Å². The van der Waals surface area contributed by atoms with Crippen molar-refractivity contribution in [2.45, 2.75) is 12.4 Å². The van der Waals surface area contributed by atoms with Crippen LogP contribution in [0.1, 0.15) is 21.7 Å². The standard InChI is InChI=1S/C20H13F6N3O4/c1-32-13-6-7-27-16(17(13)30)18(31)28-11-2-4-12(5-3-11)33-15-9-10(19(21,22)23)8-14(29-15)20(24,25)26/h2-9,30H,1H3,(H,28,31). The van der Waals surface area contributed by atoms with Crippen LogP contribution in [-0.4, -0.2) is 28.1 Å². The molecule has 0 unspecified atom stereocenters. The molecule has 0 bridgehead atoms. The first-order valence-corrected chi connectivity index (χ1v) is 8.86. The minimum absolute atomic E-state index is 0.0192. The molecule has 0 aliphatic rings. The third-order valence-corrected chi connectivity index (χ3v) is 4.08. The maximum atomic E-state index is 12.9. The summed E-state index contributed by atoms with van der Waals surface area (Å²) in [5.41, 5.74) is -3.50. The van der Waals surface area contributed by atoms with E-state index in [9.17, 15) is 36.2 Å². The molecule has 13 heteroatoms. The quantitative estimate of drug-likeness (QED) is 0.491. The number of methoxy groups -OCH3 is 1. The minimum atomic E-state index is -5.12. The second-order valence-electron chi connectivity index (χ2n) is 6.37. The molecule has 0 atom stereocenters. The smallest absolute Gasteiger partial charge is 0.433 e. The van der Waals surface area contributed by atoms with E-state index in [4.69, 9.17) is 9.47 Å². The van der Waals surface area contributed by atoms with Gasteiger partial charge in [0.1, 0.15) is 11.4 Å². The molecule has 0 spiro atoms. The Morgan fingerprint density at radius 1 is 1.00 bits per heavy atom. The van der Waals surface area contributed by atoms with E-state index in [0.717, 1.165) is 0 Å². The molecule has 2 aromatic heterocycles. The number of benzene rings is 1. The molecule has 2 N–H and O–H groups in total. The largest absolute Gasteiger partial charge is 0.503 e. The first kappa shape index (κ1) is 23.6. The van der Waals surface area contributed by atoms with Crippen molar-refractivity contribution in [3.05, 3.63) is 65.6 Å². The zero-order valence-electron chi connectivity index (χ0n) is 16.5. The van der Waals surface area contributed by atoms with Gasteiger partial charge in [0.15, 0.2) is 17.2 Å². The molecule has 2 heterocycles. The van der Waals surface area contributed by atoms with Gasteiger partial charge >= 0.3 is 12.4 Å². The van der Waals surface area contributed by atoms with Gasteiger partial charge in [0.25, 0.3) is 5.91 Å². The highest BCUT2D eigenvalue weighted by atomic mass is 19.4. The highest BCUT2D eigenvalue weighted by molar-refractivity contribution is 6.05. The molecule has 3 rings (SSSR count). The number of amides is 1. The SMILES string of the molecule is COc1ccnc(C(=O)Nc2ccc(Oc3cc(C(F)(F)F)cc(C(F)(F)F)n3)cc2)c1O. The van der Waals surface area contributed by atoms with Crippen molar-refractivity contribution in [1.82, 2.24) is 9.97 Å². The Kier molecular flexibility index (Phi) is 6.33. The number of ether oxygens (including phenoxy) is 2. The van der Waals surface area contributed by atoms with Gasteiger partial charge < -0.3 is 19.9 Å². The van der Waals surface area contributed by atoms with Crippen LogP contribution in [0.5, 0.6) is 23.1 Å². The van der Waals surface area contributed by atoms with E-state index in [1.807, 2.05) is 0 Å². The number of aromatic hydroxyl groups is 1. The van der Waals surface area contributed by atoms with Gasteiger partial charge in [-0.05, 0) is 30.3 Å². The fourth-order valence-corrected chi connectivity index (χ4v) is 2.55. The van der Waals surface area contributed by atoms with E-state index in [-0.39, 0.29) is 28.9 Å². The molecular formula is C20H13F6N3O4. The second kappa shape index (κ2) is 8.84. The molecule has 174 valence electrons. The minimum Gasteiger partial charge on any atom is -0.503 e. The lowest BCUT2D eigenvalue weighted by molar-refractivity contribution is -0.145. The molecule has 0 aliphatic heterocycles. The first-order chi connectivity index (χ1) is 15.4. The Morgan fingerprint density at radius 3 is 2.24 bits per heavy atom. The molecular weight excluding hydrogens is 460 g/mol. The number of alkyl halides is 6. The van der Waals surface area contributed by atoms with Crippen LogP contribution in [-0.2, 0) is 12.4 Å². The first-order valence-electron chi connectivity index (χ1n) is 8.86. The number of nitrogens with one attached hydrogen (secondary N) is 1. The van der Waals surface area contributed by atoms with E-state index in [2.05, 4.69) is 15.3 Å². The lowest BCUT2D eigenvalue weighted by atomic mass is 10.2. The molecule has 0 saturated heterocycles. The number of anilines is 1. The molecule has 0 fully saturated rings. The number of carbonyl (C=O) groups excluding carboxylic acids is 1. The van der Waals surface area contributed by atoms with Crippen molar-refractivity contribution in [2.75, 3.05) is 12.4 Å². The normalized spacial score (nSPS) is 11.7. The summed E-state index contributed by atoms with van der Waals surface area (Å²) in [6, 6.07) is 6.46. The van der Waals surface area contributed by atoms with E-state index >= 15 is 0 Å². The van der Waals surface area contributed by atoms with Crippen LogP contribution in [0.15, 0.2) is 48.7 Å². The van der Waals surface area contributed by atoms with E-state index in [1.54, 1.807) is 0 Å². The van der Waals surface area contributed by atoms with Gasteiger partial charge in [-0.25, -0.2) is 9.97 Å². The molecule has 33 heavy (non-hydrogen) atoms. The number of aromatic nitrogens is 2. The molecule has 0 saturated carbocycles. The summed E-state index contributed by atoms with van der Waals surface area (Å²) in [6.45, 7) is 0. The van der Waals surface area contributed by atoms with Gasteiger partial charge in [0, 0.05) is 24.0 Å². The Morgan fingerprint density at radius 2 is 1.67 bits per heavy atom. The van der Waals surface area contributed by atoms with Crippen LogP contribution in [0.2, 0.25) is 0 Å². The van der Waals surface area contributed by atoms with Gasteiger partial charge in [-0.15, -0.1) is 0 Å². The highest BCUT2D eigenvalue weighted by Gasteiger charge is 2.38. The summed E-state index contributed by atoms with van der Waals surface area (Å²) in [4.78, 5) is 19.1. The van der Waals surface area contributed by atoms with Crippen molar-refractivity contribution < 1.29 is 45.7 Å². The number of carbonyl (C=O) groups is 1. The van der Waals surface area contributed by atoms with Crippen LogP contribution in [0.3, 0.4) is 0 Å². The number of hydrogen-bond donors (Lipinski definition) is 2. The van der Waals surface area contributed by atoms with E-state index in [1.165, 1.54) is 43.6 Å². The summed E-state index contributed by atoms with van der Waals surface area (Å²) >= 11 is 0. The summed E-state index contributed by atoms with van der Waals surface area (Å²) in [6.07, 6.45) is -8.93. The number of hydrogen-bond acceptors (Lipinski definition) is 6. The van der Waals surface area contributed by atoms with Gasteiger partial charge in [0.05, 0.1) is 12.7 Å². The Labute approximate surface area is 181 Å². The van der Waals surface area contributed by atoms with Crippen LogP contribution in [0.4, 0.5) is 32.0 Å². The van der Waals surface area contributed by atoms with Crippen LogP contribution < -0.4 is 14.8 Å². The third kappa shape index (κ3) is 5.61. The predicted molar refractivity (Wildman–Crippen MR) is 101 cm³/mol. The van der Waals surface area contributed by atoms with Crippen molar-refractivity contribution in [1.29, 1.82) is 0 Å². The second-order valence-corrected chi connectivity index (χ2v) is 6.37. The van der Waals surface area contributed by atoms with Crippen molar-refractivity contribution >= 4 is 11.6 Å². The Bertz CT molecular complexity index is 1130. The number of halogens is 6. The fraction of sp³-hybridized carbons (Fsp3) is 0.150. The molecule has 3 aromatic rings. The average molecular weight is 473 g/mol. The topological polar surface area (TPSA) is 93.6 Å². The van der Waals surface area contributed by atoms with Crippen LogP contribution >= 0.6 is 0 Å². The molecule has 1 aromatic carbocycles. The monoisotopic (exact) mass is 473 g/mol. The van der Waals surface area contributed by atoms with E-state index in [0.29, 0.717) is 6.07 Å². The van der Waals surface area contributed by atoms with Gasteiger partial charge in [-0.1, -0.05) is 0 Å². The fourth-order valence-electron chi connectivity index (χ4n) is 2.55. The number of nitrogens with zero attached hydrogens (tertiary/aromatic N) is 2. The van der Waals surface area contributed by atoms with Crippen LogP contribution in [0, 0.1) is 0 Å². The van der Waals surface area contributed by atoms with Crippen molar-refractivity contribution in [3.8, 4) is 23.1 Å². The van der Waals surface area contributed by atoms with E-state index < -0.39 is 41.1 Å². The summed E-state index contributed by atoms with van der Waals surface area (Å²) in [5, 5.41) is 12.4. The highest BCUT2D eigenvalue weighted by Crippen LogP contribution is 2.37. The Hall–Kier alpha value is -4.03. The Balaban J connectivity index is 1.79. The molecule has 7 nitrogen and oxygen atoms in total. The maximum absolute atomic E-state index is 12.9. The molecule has 0 aliphatic carbocycles. The number of rotatable bonds is 5. The summed E-state index contributed by atoms with van der Waals surface area (Å²) in [5.74, 6) is -2.33. The van der Waals surface area contributed by atoms with Crippen molar-refractivity contribution in [2.24, 2.45) is 0 Å². The lowest BCUT2D eigenvalue weighted by Crippen LogP contribution is -2.14. The average Bonchev–Trinajstić information content (AvgIpc) is 2.74. The lowest BCUT2D eigenvalue weighted by Gasteiger charge is -2.14. The summed E-state index contributed by atoms with van der Waals surface area (Å²) < 4.78 is 87.5.